The van der Waals surface area contributed by atoms with Crippen LogP contribution in [0.1, 0.15) is 48.0 Å². The summed E-state index contributed by atoms with van der Waals surface area (Å²) in [6, 6.07) is 5.20. The van der Waals surface area contributed by atoms with Crippen molar-refractivity contribution in [2.45, 2.75) is 25.9 Å². The molecular formula is C17H19N3O5. The first-order valence-electron chi connectivity index (χ1n) is 8.25. The summed E-state index contributed by atoms with van der Waals surface area (Å²) < 4.78 is 22.0. The van der Waals surface area contributed by atoms with Crippen molar-refractivity contribution in [3.05, 3.63) is 35.5 Å². The van der Waals surface area contributed by atoms with Gasteiger partial charge in [-0.3, -0.25) is 4.79 Å². The highest BCUT2D eigenvalue weighted by Crippen LogP contribution is 2.33. The number of morpholine rings is 1. The normalized spacial score (nSPS) is 19.5. The molecule has 0 bridgehead atoms. The summed E-state index contributed by atoms with van der Waals surface area (Å²) in [4.78, 5) is 14.5. The summed E-state index contributed by atoms with van der Waals surface area (Å²) in [6.45, 7) is 5.44. The van der Waals surface area contributed by atoms with Crippen LogP contribution in [-0.4, -0.2) is 47.5 Å². The number of amides is 1. The van der Waals surface area contributed by atoms with Crippen LogP contribution < -0.4 is 9.47 Å². The van der Waals surface area contributed by atoms with E-state index in [0.29, 0.717) is 48.5 Å². The number of nitrogens with zero attached hydrogens (tertiary/aromatic N) is 3. The topological polar surface area (TPSA) is 86.9 Å². The lowest BCUT2D eigenvalue weighted by Gasteiger charge is -2.31. The number of carbonyl (C=O) groups excluding carboxylic acids is 1. The molecule has 4 rings (SSSR count). The van der Waals surface area contributed by atoms with E-state index in [1.54, 1.807) is 23.1 Å². The van der Waals surface area contributed by atoms with Gasteiger partial charge in [0.1, 0.15) is 0 Å². The second-order valence-electron chi connectivity index (χ2n) is 6.31. The zero-order valence-electron chi connectivity index (χ0n) is 14.1. The molecule has 2 aliphatic rings. The van der Waals surface area contributed by atoms with E-state index in [2.05, 4.69) is 10.2 Å². The van der Waals surface area contributed by atoms with Crippen molar-refractivity contribution in [3.8, 4) is 11.5 Å². The summed E-state index contributed by atoms with van der Waals surface area (Å²) in [5, 5.41) is 8.09. The van der Waals surface area contributed by atoms with Gasteiger partial charge in [0.2, 0.25) is 18.6 Å². The lowest BCUT2D eigenvalue weighted by molar-refractivity contribution is -0.0351. The number of ether oxygens (including phenoxy) is 3. The average Bonchev–Trinajstić information content (AvgIpc) is 3.30. The monoisotopic (exact) mass is 345 g/mol. The van der Waals surface area contributed by atoms with Gasteiger partial charge in [0.15, 0.2) is 17.6 Å². The number of aromatic nitrogens is 2. The molecule has 25 heavy (non-hydrogen) atoms. The third-order valence-corrected chi connectivity index (χ3v) is 4.20. The SMILES string of the molecule is CC(C)c1nnc([C@H]2CN(C(=O)c3ccc4c(c3)OCO4)CCO2)o1. The van der Waals surface area contributed by atoms with Gasteiger partial charge in [-0.25, -0.2) is 0 Å². The molecule has 0 saturated carbocycles. The van der Waals surface area contributed by atoms with Crippen LogP contribution >= 0.6 is 0 Å². The minimum Gasteiger partial charge on any atom is -0.454 e. The molecular weight excluding hydrogens is 326 g/mol. The minimum atomic E-state index is -0.410. The summed E-state index contributed by atoms with van der Waals surface area (Å²) in [5.41, 5.74) is 0.554. The number of carbonyl (C=O) groups is 1. The highest BCUT2D eigenvalue weighted by molar-refractivity contribution is 5.95. The molecule has 0 spiro atoms. The Hall–Kier alpha value is -2.61. The van der Waals surface area contributed by atoms with Gasteiger partial charge in [-0.2, -0.15) is 0 Å². The molecule has 0 aliphatic carbocycles. The zero-order valence-corrected chi connectivity index (χ0v) is 14.1. The smallest absolute Gasteiger partial charge is 0.254 e. The second-order valence-corrected chi connectivity index (χ2v) is 6.31. The van der Waals surface area contributed by atoms with E-state index in [0.717, 1.165) is 0 Å². The Morgan fingerprint density at radius 2 is 2.08 bits per heavy atom. The van der Waals surface area contributed by atoms with E-state index in [-0.39, 0.29) is 18.6 Å². The van der Waals surface area contributed by atoms with Gasteiger partial charge in [-0.1, -0.05) is 13.8 Å². The first kappa shape index (κ1) is 15.9. The Bertz CT molecular complexity index is 788. The van der Waals surface area contributed by atoms with Crippen LogP contribution in [0.4, 0.5) is 0 Å². The van der Waals surface area contributed by atoms with Crippen LogP contribution in [-0.2, 0) is 4.74 Å². The third kappa shape index (κ3) is 3.05. The van der Waals surface area contributed by atoms with E-state index in [4.69, 9.17) is 18.6 Å². The van der Waals surface area contributed by atoms with Gasteiger partial charge >= 0.3 is 0 Å². The van der Waals surface area contributed by atoms with E-state index < -0.39 is 6.10 Å². The first-order chi connectivity index (χ1) is 12.1. The molecule has 8 nitrogen and oxygen atoms in total. The molecule has 1 fully saturated rings. The van der Waals surface area contributed by atoms with Gasteiger partial charge in [-0.05, 0) is 18.2 Å². The molecule has 0 unspecified atom stereocenters. The van der Waals surface area contributed by atoms with E-state index in [9.17, 15) is 4.79 Å². The molecule has 1 atom stereocenters. The number of hydrogen-bond donors (Lipinski definition) is 0. The number of benzene rings is 1. The predicted octanol–water partition coefficient (Wildman–Crippen LogP) is 2.14. The van der Waals surface area contributed by atoms with E-state index in [1.165, 1.54) is 0 Å². The average molecular weight is 345 g/mol. The fraction of sp³-hybridized carbons (Fsp3) is 0.471. The molecule has 1 amide bonds. The van der Waals surface area contributed by atoms with Crippen molar-refractivity contribution in [2.24, 2.45) is 0 Å². The van der Waals surface area contributed by atoms with Gasteiger partial charge in [0, 0.05) is 18.0 Å². The van der Waals surface area contributed by atoms with Crippen LogP contribution in [0.15, 0.2) is 22.6 Å². The van der Waals surface area contributed by atoms with Crippen molar-refractivity contribution < 1.29 is 23.4 Å². The zero-order chi connectivity index (χ0) is 17.4. The maximum absolute atomic E-state index is 12.8. The maximum Gasteiger partial charge on any atom is 0.254 e. The summed E-state index contributed by atoms with van der Waals surface area (Å²) in [7, 11) is 0. The van der Waals surface area contributed by atoms with E-state index >= 15 is 0 Å². The quantitative estimate of drug-likeness (QED) is 0.842. The number of hydrogen-bond acceptors (Lipinski definition) is 7. The Labute approximate surface area is 144 Å². The number of fused-ring (bicyclic) bond motifs is 1. The molecule has 2 aromatic rings. The fourth-order valence-corrected chi connectivity index (χ4v) is 2.81. The summed E-state index contributed by atoms with van der Waals surface area (Å²) >= 11 is 0. The molecule has 1 saturated heterocycles. The molecule has 8 heteroatoms. The summed E-state index contributed by atoms with van der Waals surface area (Å²) in [6.07, 6.45) is -0.410. The maximum atomic E-state index is 12.8. The largest absolute Gasteiger partial charge is 0.454 e. The Morgan fingerprint density at radius 1 is 1.24 bits per heavy atom. The molecule has 1 aromatic heterocycles. The van der Waals surface area contributed by atoms with Crippen molar-refractivity contribution >= 4 is 5.91 Å². The van der Waals surface area contributed by atoms with Crippen LogP contribution in [0.5, 0.6) is 11.5 Å². The van der Waals surface area contributed by atoms with Gasteiger partial charge in [0.05, 0.1) is 13.2 Å². The van der Waals surface area contributed by atoms with Crippen LogP contribution in [0, 0.1) is 0 Å². The highest BCUT2D eigenvalue weighted by Gasteiger charge is 2.30. The van der Waals surface area contributed by atoms with Gasteiger partial charge in [0.25, 0.3) is 5.91 Å². The van der Waals surface area contributed by atoms with Crippen molar-refractivity contribution in [2.75, 3.05) is 26.5 Å². The molecule has 0 radical (unpaired) electrons. The second kappa shape index (κ2) is 6.36. The standard InChI is InChI=1S/C17H19N3O5/c1-10(2)15-18-19-16(25-15)14-8-20(5-6-22-14)17(21)11-3-4-12-13(7-11)24-9-23-12/h3-4,7,10,14H,5-6,8-9H2,1-2H3/t14-/m1/s1. The first-order valence-corrected chi connectivity index (χ1v) is 8.25. The predicted molar refractivity (Wildman–Crippen MR) is 85.5 cm³/mol. The third-order valence-electron chi connectivity index (χ3n) is 4.20. The Morgan fingerprint density at radius 3 is 2.88 bits per heavy atom. The molecule has 132 valence electrons. The fourth-order valence-electron chi connectivity index (χ4n) is 2.81. The van der Waals surface area contributed by atoms with Gasteiger partial charge in [-0.15, -0.1) is 10.2 Å². The van der Waals surface area contributed by atoms with Gasteiger partial charge < -0.3 is 23.5 Å². The molecule has 1 aromatic carbocycles. The van der Waals surface area contributed by atoms with E-state index in [1.807, 2.05) is 13.8 Å². The minimum absolute atomic E-state index is 0.0878. The number of rotatable bonds is 3. The molecule has 2 aliphatic heterocycles. The molecule has 3 heterocycles. The van der Waals surface area contributed by atoms with Crippen LogP contribution in [0.2, 0.25) is 0 Å². The Balaban J connectivity index is 1.49. The summed E-state index contributed by atoms with van der Waals surface area (Å²) in [5.74, 6) is 2.29. The van der Waals surface area contributed by atoms with Crippen LogP contribution in [0.25, 0.3) is 0 Å². The Kier molecular flexibility index (Phi) is 4.04. The highest BCUT2D eigenvalue weighted by atomic mass is 16.7. The van der Waals surface area contributed by atoms with Crippen LogP contribution in [0.3, 0.4) is 0 Å². The van der Waals surface area contributed by atoms with Crippen molar-refractivity contribution in [1.29, 1.82) is 0 Å². The van der Waals surface area contributed by atoms with Crippen molar-refractivity contribution in [3.63, 3.8) is 0 Å². The van der Waals surface area contributed by atoms with Crippen molar-refractivity contribution in [1.82, 2.24) is 15.1 Å². The lowest BCUT2D eigenvalue weighted by atomic mass is 10.1. The lowest BCUT2D eigenvalue weighted by Crippen LogP contribution is -2.42. The molecule has 0 N–H and O–H groups in total.